The third kappa shape index (κ3) is 5.61. The number of aromatic nitrogens is 2. The Labute approximate surface area is 201 Å². The summed E-state index contributed by atoms with van der Waals surface area (Å²) in [5.41, 5.74) is 4.38. The smallest absolute Gasteiger partial charge is 0.318 e. The van der Waals surface area contributed by atoms with E-state index in [0.29, 0.717) is 11.3 Å². The summed E-state index contributed by atoms with van der Waals surface area (Å²) in [6.07, 6.45) is 0. The zero-order valence-corrected chi connectivity index (χ0v) is 19.9. The topological polar surface area (TPSA) is 155 Å². The average molecular weight is 531 g/mol. The van der Waals surface area contributed by atoms with Gasteiger partial charge in [-0.15, -0.1) is 0 Å². The zero-order chi connectivity index (χ0) is 25.0. The van der Waals surface area contributed by atoms with Crippen molar-refractivity contribution < 1.29 is 19.4 Å². The summed E-state index contributed by atoms with van der Waals surface area (Å²) < 4.78 is 7.96. The van der Waals surface area contributed by atoms with Crippen molar-refractivity contribution in [2.24, 2.45) is 5.10 Å². The van der Waals surface area contributed by atoms with Gasteiger partial charge < -0.3 is 4.74 Å². The number of amides is 1. The summed E-state index contributed by atoms with van der Waals surface area (Å²) in [6, 6.07) is 9.59. The molecule has 176 valence electrons. The first-order valence-corrected chi connectivity index (χ1v) is 10.6. The van der Waals surface area contributed by atoms with Gasteiger partial charge in [0.1, 0.15) is 12.3 Å². The van der Waals surface area contributed by atoms with E-state index in [4.69, 9.17) is 4.74 Å². The van der Waals surface area contributed by atoms with Gasteiger partial charge in [0.2, 0.25) is 5.75 Å². The number of rotatable bonds is 8. The summed E-state index contributed by atoms with van der Waals surface area (Å²) in [6.45, 7) is 5.40. The van der Waals surface area contributed by atoms with Crippen LogP contribution in [-0.2, 0) is 11.3 Å². The van der Waals surface area contributed by atoms with E-state index in [0.717, 1.165) is 28.0 Å². The van der Waals surface area contributed by atoms with Crippen LogP contribution in [0.4, 0.5) is 11.4 Å². The van der Waals surface area contributed by atoms with Gasteiger partial charge in [-0.3, -0.25) is 29.7 Å². The molecule has 0 saturated carbocycles. The molecular formula is C21H19BrN6O6. The van der Waals surface area contributed by atoms with Gasteiger partial charge in [0.25, 0.3) is 11.6 Å². The average Bonchev–Trinajstić information content (AvgIpc) is 3.04. The van der Waals surface area contributed by atoms with Gasteiger partial charge in [-0.1, -0.05) is 0 Å². The Morgan fingerprint density at radius 3 is 2.38 bits per heavy atom. The highest BCUT2D eigenvalue weighted by Gasteiger charge is 2.21. The maximum Gasteiger partial charge on any atom is 0.318 e. The van der Waals surface area contributed by atoms with Crippen molar-refractivity contribution in [3.8, 4) is 11.5 Å². The molecule has 1 N–H and O–H groups in total. The molecule has 2 aromatic carbocycles. The predicted molar refractivity (Wildman–Crippen MR) is 126 cm³/mol. The third-order valence-corrected chi connectivity index (χ3v) is 5.93. The van der Waals surface area contributed by atoms with E-state index in [1.807, 2.05) is 13.8 Å². The van der Waals surface area contributed by atoms with Crippen molar-refractivity contribution in [2.75, 3.05) is 0 Å². The molecule has 1 aromatic heterocycles. The van der Waals surface area contributed by atoms with Gasteiger partial charge in [0.15, 0.2) is 0 Å². The van der Waals surface area contributed by atoms with E-state index in [9.17, 15) is 25.0 Å². The minimum Gasteiger partial charge on any atom is -0.450 e. The molecular weight excluding hydrogens is 512 g/mol. The summed E-state index contributed by atoms with van der Waals surface area (Å²) in [4.78, 5) is 32.9. The second-order valence-electron chi connectivity index (χ2n) is 7.17. The number of hydrazone groups is 1. The molecule has 34 heavy (non-hydrogen) atoms. The fourth-order valence-electron chi connectivity index (χ4n) is 2.95. The maximum atomic E-state index is 12.2. The third-order valence-electron chi connectivity index (χ3n) is 4.78. The number of aryl methyl sites for hydroxylation is 1. The molecule has 0 fully saturated rings. The lowest BCUT2D eigenvalue weighted by atomic mass is 10.1. The first-order valence-electron chi connectivity index (χ1n) is 9.80. The molecule has 1 amide bonds. The number of nitro benzene ring substituents is 2. The van der Waals surface area contributed by atoms with Crippen LogP contribution in [0.15, 0.2) is 52.0 Å². The van der Waals surface area contributed by atoms with Crippen LogP contribution in [0.5, 0.6) is 11.5 Å². The SMILES string of the molecule is C/C(=N\NC(=O)Cn1nc(C)c(Br)c1C)c1ccc(Oc2ccc([N+](=O)[O-])cc2[N+](=O)[O-])cc1. The minimum absolute atomic E-state index is 0.00977. The molecule has 3 aromatic rings. The lowest BCUT2D eigenvalue weighted by Gasteiger charge is -2.08. The van der Waals surface area contributed by atoms with E-state index < -0.39 is 21.2 Å². The van der Waals surface area contributed by atoms with Gasteiger partial charge in [-0.05, 0) is 72.6 Å². The molecule has 0 atom stereocenters. The van der Waals surface area contributed by atoms with Crippen LogP contribution in [-0.4, -0.2) is 31.2 Å². The first kappa shape index (κ1) is 24.5. The number of benzene rings is 2. The highest BCUT2D eigenvalue weighted by Crippen LogP contribution is 2.34. The highest BCUT2D eigenvalue weighted by molar-refractivity contribution is 9.10. The van der Waals surface area contributed by atoms with E-state index in [1.54, 1.807) is 35.9 Å². The minimum atomic E-state index is -0.749. The number of halogens is 1. The Balaban J connectivity index is 1.67. The number of non-ortho nitro benzene ring substituents is 1. The molecule has 0 aliphatic rings. The number of nitrogens with zero attached hydrogens (tertiary/aromatic N) is 5. The van der Waals surface area contributed by atoms with Crippen LogP contribution in [0.3, 0.4) is 0 Å². The van der Waals surface area contributed by atoms with Gasteiger partial charge in [0.05, 0.1) is 37.5 Å². The monoisotopic (exact) mass is 530 g/mol. The van der Waals surface area contributed by atoms with Crippen LogP contribution in [0.25, 0.3) is 0 Å². The van der Waals surface area contributed by atoms with Crippen molar-refractivity contribution in [3.05, 3.63) is 84.1 Å². The second kappa shape index (κ2) is 10.2. The molecule has 1 heterocycles. The molecule has 0 aliphatic heterocycles. The van der Waals surface area contributed by atoms with Crippen molar-refractivity contribution in [1.29, 1.82) is 0 Å². The van der Waals surface area contributed by atoms with Crippen molar-refractivity contribution in [1.82, 2.24) is 15.2 Å². The molecule has 0 saturated heterocycles. The largest absolute Gasteiger partial charge is 0.450 e. The number of carbonyl (C=O) groups excluding carboxylic acids is 1. The molecule has 0 radical (unpaired) electrons. The molecule has 0 spiro atoms. The number of hydrogen-bond donors (Lipinski definition) is 1. The molecule has 0 aliphatic carbocycles. The maximum absolute atomic E-state index is 12.2. The quantitative estimate of drug-likeness (QED) is 0.256. The standard InChI is InChI=1S/C21H19BrN6O6/c1-12(23-24-20(29)11-26-14(3)21(22)13(2)25-26)15-4-7-17(8-5-15)34-19-9-6-16(27(30)31)10-18(19)28(32)33/h4-10H,11H2,1-3H3,(H,24,29)/b23-12+. The second-order valence-corrected chi connectivity index (χ2v) is 7.96. The van der Waals surface area contributed by atoms with Gasteiger partial charge in [-0.25, -0.2) is 5.43 Å². The Kier molecular flexibility index (Phi) is 7.36. The van der Waals surface area contributed by atoms with Crippen LogP contribution in [0.1, 0.15) is 23.9 Å². The zero-order valence-electron chi connectivity index (χ0n) is 18.3. The van der Waals surface area contributed by atoms with Crippen LogP contribution < -0.4 is 10.2 Å². The summed E-state index contributed by atoms with van der Waals surface area (Å²) in [5.74, 6) is -0.188. The Morgan fingerprint density at radius 1 is 1.15 bits per heavy atom. The van der Waals surface area contributed by atoms with Gasteiger partial charge in [0, 0.05) is 6.07 Å². The number of nitrogens with one attached hydrogen (secondary N) is 1. The van der Waals surface area contributed by atoms with E-state index in [1.165, 1.54) is 6.07 Å². The molecule has 0 bridgehead atoms. The Morgan fingerprint density at radius 2 is 1.82 bits per heavy atom. The van der Waals surface area contributed by atoms with Gasteiger partial charge >= 0.3 is 5.69 Å². The number of nitro groups is 2. The predicted octanol–water partition coefficient (Wildman–Crippen LogP) is 4.41. The van der Waals surface area contributed by atoms with Crippen molar-refractivity contribution in [2.45, 2.75) is 27.3 Å². The lowest BCUT2D eigenvalue weighted by molar-refractivity contribution is -0.394. The normalized spacial score (nSPS) is 11.2. The fourth-order valence-corrected chi connectivity index (χ4v) is 3.23. The summed E-state index contributed by atoms with van der Waals surface area (Å²) >= 11 is 3.42. The molecule has 0 unspecified atom stereocenters. The number of hydrogen-bond acceptors (Lipinski definition) is 8. The first-order chi connectivity index (χ1) is 16.1. The molecule has 12 nitrogen and oxygen atoms in total. The van der Waals surface area contributed by atoms with Crippen LogP contribution in [0.2, 0.25) is 0 Å². The van der Waals surface area contributed by atoms with E-state index in [2.05, 4.69) is 31.6 Å². The van der Waals surface area contributed by atoms with E-state index >= 15 is 0 Å². The number of ether oxygens (including phenoxy) is 1. The molecule has 3 rings (SSSR count). The van der Waals surface area contributed by atoms with Crippen molar-refractivity contribution in [3.63, 3.8) is 0 Å². The van der Waals surface area contributed by atoms with Gasteiger partial charge in [-0.2, -0.15) is 10.2 Å². The van der Waals surface area contributed by atoms with Crippen LogP contribution in [0, 0.1) is 34.1 Å². The summed E-state index contributed by atoms with van der Waals surface area (Å²) in [5, 5.41) is 30.5. The summed E-state index contributed by atoms with van der Waals surface area (Å²) in [7, 11) is 0. The van der Waals surface area contributed by atoms with Crippen LogP contribution >= 0.6 is 15.9 Å². The fraction of sp³-hybridized carbons (Fsp3) is 0.190. The molecule has 13 heteroatoms. The number of carbonyl (C=O) groups is 1. The van der Waals surface area contributed by atoms with Crippen molar-refractivity contribution >= 4 is 38.9 Å². The van der Waals surface area contributed by atoms with E-state index in [-0.39, 0.29) is 24.0 Å². The lowest BCUT2D eigenvalue weighted by Crippen LogP contribution is -2.25. The Bertz CT molecular complexity index is 1300. The highest BCUT2D eigenvalue weighted by atomic mass is 79.9. The Hall–Kier alpha value is -4.13.